The van der Waals surface area contributed by atoms with Gasteiger partial charge in [-0.25, -0.2) is 8.42 Å². The third kappa shape index (κ3) is 4.77. The molecule has 1 atom stereocenters. The fourth-order valence-electron chi connectivity index (χ4n) is 2.89. The van der Waals surface area contributed by atoms with Gasteiger partial charge in [0.2, 0.25) is 15.9 Å². The SMILES string of the molecule is Cc1cc(C)cc(NC(=O)[C@@H](C)N(c2cc(Cl)ccc2C)S(C)(=O)=O)c1. The van der Waals surface area contributed by atoms with Crippen molar-refractivity contribution in [3.05, 3.63) is 58.1 Å². The zero-order valence-corrected chi connectivity index (χ0v) is 17.1. The Balaban J connectivity index is 2.39. The molecule has 0 saturated carbocycles. The highest BCUT2D eigenvalue weighted by molar-refractivity contribution is 7.92. The molecule has 0 fully saturated rings. The van der Waals surface area contributed by atoms with Crippen LogP contribution < -0.4 is 9.62 Å². The van der Waals surface area contributed by atoms with Crippen molar-refractivity contribution in [1.82, 2.24) is 0 Å². The molecule has 2 rings (SSSR count). The zero-order valence-electron chi connectivity index (χ0n) is 15.5. The normalized spacial score (nSPS) is 12.5. The van der Waals surface area contributed by atoms with Crippen molar-refractivity contribution in [3.63, 3.8) is 0 Å². The minimum absolute atomic E-state index is 0.392. The number of nitrogens with one attached hydrogen (secondary N) is 1. The lowest BCUT2D eigenvalue weighted by Crippen LogP contribution is -2.45. The highest BCUT2D eigenvalue weighted by atomic mass is 35.5. The maximum atomic E-state index is 12.7. The van der Waals surface area contributed by atoms with Crippen LogP contribution >= 0.6 is 11.6 Å². The van der Waals surface area contributed by atoms with E-state index < -0.39 is 22.0 Å². The molecule has 0 aromatic heterocycles. The number of halogens is 1. The van der Waals surface area contributed by atoms with E-state index in [2.05, 4.69) is 5.32 Å². The van der Waals surface area contributed by atoms with Gasteiger partial charge in [-0.3, -0.25) is 9.10 Å². The van der Waals surface area contributed by atoms with Crippen molar-refractivity contribution < 1.29 is 13.2 Å². The third-order valence-corrected chi connectivity index (χ3v) is 5.45. The molecule has 5 nitrogen and oxygen atoms in total. The number of amides is 1. The Kier molecular flexibility index (Phi) is 5.98. The summed E-state index contributed by atoms with van der Waals surface area (Å²) in [6.45, 7) is 7.20. The molecule has 2 aromatic rings. The molecular formula is C19H23ClN2O3S. The van der Waals surface area contributed by atoms with Gasteiger partial charge in [-0.2, -0.15) is 0 Å². The van der Waals surface area contributed by atoms with Gasteiger partial charge in [0.15, 0.2) is 0 Å². The third-order valence-electron chi connectivity index (χ3n) is 3.99. The molecule has 1 amide bonds. The van der Waals surface area contributed by atoms with Crippen LogP contribution in [0.2, 0.25) is 5.02 Å². The van der Waals surface area contributed by atoms with Gasteiger partial charge < -0.3 is 5.32 Å². The van der Waals surface area contributed by atoms with Gasteiger partial charge in [-0.1, -0.05) is 23.7 Å². The highest BCUT2D eigenvalue weighted by Gasteiger charge is 2.30. The maximum Gasteiger partial charge on any atom is 0.247 e. The first-order valence-electron chi connectivity index (χ1n) is 8.14. The van der Waals surface area contributed by atoms with Crippen LogP contribution in [0.25, 0.3) is 0 Å². The minimum atomic E-state index is -3.70. The summed E-state index contributed by atoms with van der Waals surface area (Å²) in [6, 6.07) is 9.70. The van der Waals surface area contributed by atoms with Gasteiger partial charge in [0.25, 0.3) is 0 Å². The molecule has 1 N–H and O–H groups in total. The van der Waals surface area contributed by atoms with Gasteiger partial charge in [-0.15, -0.1) is 0 Å². The van der Waals surface area contributed by atoms with Gasteiger partial charge in [0.05, 0.1) is 11.9 Å². The number of carbonyl (C=O) groups is 1. The molecule has 0 radical (unpaired) electrons. The van der Waals surface area contributed by atoms with E-state index in [9.17, 15) is 13.2 Å². The van der Waals surface area contributed by atoms with Crippen LogP contribution in [-0.4, -0.2) is 26.6 Å². The van der Waals surface area contributed by atoms with E-state index in [1.54, 1.807) is 32.0 Å². The Morgan fingerprint density at radius 3 is 2.19 bits per heavy atom. The van der Waals surface area contributed by atoms with Crippen molar-refractivity contribution in [3.8, 4) is 0 Å². The van der Waals surface area contributed by atoms with E-state index in [4.69, 9.17) is 11.6 Å². The summed E-state index contributed by atoms with van der Waals surface area (Å²) in [5.74, 6) is -0.417. The topological polar surface area (TPSA) is 66.5 Å². The second-order valence-electron chi connectivity index (χ2n) is 6.53. The molecule has 7 heteroatoms. The predicted octanol–water partition coefficient (Wildman–Crippen LogP) is 4.06. The summed E-state index contributed by atoms with van der Waals surface area (Å²) < 4.78 is 25.9. The van der Waals surface area contributed by atoms with E-state index >= 15 is 0 Å². The van der Waals surface area contributed by atoms with Crippen molar-refractivity contribution >= 4 is 38.9 Å². The number of rotatable bonds is 5. The molecule has 0 saturated heterocycles. The number of anilines is 2. The van der Waals surface area contributed by atoms with Crippen molar-refractivity contribution in [2.45, 2.75) is 33.7 Å². The molecule has 0 bridgehead atoms. The van der Waals surface area contributed by atoms with Crippen molar-refractivity contribution in [1.29, 1.82) is 0 Å². The molecule has 0 aliphatic rings. The van der Waals surface area contributed by atoms with Crippen LogP contribution in [0.5, 0.6) is 0 Å². The zero-order chi connectivity index (χ0) is 19.6. The van der Waals surface area contributed by atoms with Crippen molar-refractivity contribution in [2.75, 3.05) is 15.9 Å². The monoisotopic (exact) mass is 394 g/mol. The summed E-state index contributed by atoms with van der Waals surface area (Å²) in [7, 11) is -3.70. The minimum Gasteiger partial charge on any atom is -0.324 e. The molecule has 0 heterocycles. The summed E-state index contributed by atoms with van der Waals surface area (Å²) in [4.78, 5) is 12.7. The van der Waals surface area contributed by atoms with Gasteiger partial charge >= 0.3 is 0 Å². The summed E-state index contributed by atoms with van der Waals surface area (Å²) in [5, 5.41) is 3.21. The Morgan fingerprint density at radius 2 is 1.65 bits per heavy atom. The van der Waals surface area contributed by atoms with E-state index in [0.29, 0.717) is 22.0 Å². The molecule has 0 aliphatic carbocycles. The maximum absolute atomic E-state index is 12.7. The molecule has 0 aliphatic heterocycles. The lowest BCUT2D eigenvalue weighted by Gasteiger charge is -2.29. The number of hydrogen-bond donors (Lipinski definition) is 1. The fraction of sp³-hybridized carbons (Fsp3) is 0.316. The first kappa shape index (κ1) is 20.3. The Labute approximate surface area is 160 Å². The molecule has 26 heavy (non-hydrogen) atoms. The first-order valence-corrected chi connectivity index (χ1v) is 10.4. The number of hydrogen-bond acceptors (Lipinski definition) is 3. The summed E-state index contributed by atoms with van der Waals surface area (Å²) in [5.41, 5.74) is 3.77. The Hall–Kier alpha value is -2.05. The van der Waals surface area contributed by atoms with Crippen LogP contribution in [0.4, 0.5) is 11.4 Å². The van der Waals surface area contributed by atoms with Crippen LogP contribution in [0, 0.1) is 20.8 Å². The number of aryl methyl sites for hydroxylation is 3. The fourth-order valence-corrected chi connectivity index (χ4v) is 4.29. The van der Waals surface area contributed by atoms with Crippen LogP contribution in [0.15, 0.2) is 36.4 Å². The van der Waals surface area contributed by atoms with Crippen molar-refractivity contribution in [2.24, 2.45) is 0 Å². The van der Waals surface area contributed by atoms with E-state index in [0.717, 1.165) is 21.7 Å². The van der Waals surface area contributed by atoms with E-state index in [-0.39, 0.29) is 0 Å². The molecule has 140 valence electrons. The lowest BCUT2D eigenvalue weighted by atomic mass is 10.1. The molecule has 0 unspecified atom stereocenters. The molecule has 0 spiro atoms. The Morgan fingerprint density at radius 1 is 1.08 bits per heavy atom. The standard InChI is InChI=1S/C19H23ClN2O3S/c1-12-8-13(2)10-17(9-12)21-19(23)15(4)22(26(5,24)25)18-11-16(20)7-6-14(18)3/h6-11,15H,1-5H3,(H,21,23)/t15-/m1/s1. The average Bonchev–Trinajstić information content (AvgIpc) is 2.48. The number of benzene rings is 2. The van der Waals surface area contributed by atoms with Gasteiger partial charge in [0, 0.05) is 10.7 Å². The Bertz CT molecular complexity index is 922. The lowest BCUT2D eigenvalue weighted by molar-refractivity contribution is -0.116. The second kappa shape index (κ2) is 7.68. The van der Waals surface area contributed by atoms with Crippen LogP contribution in [0.1, 0.15) is 23.6 Å². The molecular weight excluding hydrogens is 372 g/mol. The number of carbonyl (C=O) groups excluding carboxylic acids is 1. The van der Waals surface area contributed by atoms with Crippen LogP contribution in [0.3, 0.4) is 0 Å². The largest absolute Gasteiger partial charge is 0.324 e. The predicted molar refractivity (Wildman–Crippen MR) is 108 cm³/mol. The average molecular weight is 395 g/mol. The summed E-state index contributed by atoms with van der Waals surface area (Å²) >= 11 is 6.04. The number of nitrogens with zero attached hydrogens (tertiary/aromatic N) is 1. The van der Waals surface area contributed by atoms with E-state index in [1.807, 2.05) is 32.0 Å². The highest BCUT2D eigenvalue weighted by Crippen LogP contribution is 2.28. The van der Waals surface area contributed by atoms with Gasteiger partial charge in [0.1, 0.15) is 6.04 Å². The molecule has 2 aromatic carbocycles. The quantitative estimate of drug-likeness (QED) is 0.831. The van der Waals surface area contributed by atoms with E-state index in [1.165, 1.54) is 0 Å². The van der Waals surface area contributed by atoms with Crippen LogP contribution in [-0.2, 0) is 14.8 Å². The smallest absolute Gasteiger partial charge is 0.247 e. The number of sulfonamides is 1. The second-order valence-corrected chi connectivity index (χ2v) is 8.83. The first-order chi connectivity index (χ1) is 12.0. The van der Waals surface area contributed by atoms with Gasteiger partial charge in [-0.05, 0) is 68.7 Å². The summed E-state index contributed by atoms with van der Waals surface area (Å²) in [6.07, 6.45) is 1.08.